The largest absolute Gasteiger partial charge is 0.486 e. The van der Waals surface area contributed by atoms with Crippen LogP contribution in [0.4, 0.5) is 4.79 Å². The lowest BCUT2D eigenvalue weighted by atomic mass is 9.90. The third kappa shape index (κ3) is 6.73. The summed E-state index contributed by atoms with van der Waals surface area (Å²) in [6.07, 6.45) is 5.78. The number of para-hydroxylation sites is 1. The van der Waals surface area contributed by atoms with Gasteiger partial charge in [0.25, 0.3) is 5.91 Å². The molecule has 7 nitrogen and oxygen atoms in total. The van der Waals surface area contributed by atoms with E-state index in [2.05, 4.69) is 27.9 Å². The van der Waals surface area contributed by atoms with Gasteiger partial charge >= 0.3 is 6.03 Å². The Labute approximate surface area is 181 Å². The maximum Gasteiger partial charge on any atom is 0.315 e. The predicted molar refractivity (Wildman–Crippen MR) is 118 cm³/mol. The zero-order valence-corrected chi connectivity index (χ0v) is 18.2. The van der Waals surface area contributed by atoms with Crippen LogP contribution in [0.5, 0.6) is 5.75 Å². The van der Waals surface area contributed by atoms with Crippen molar-refractivity contribution in [3.63, 3.8) is 0 Å². The second-order valence-electron chi connectivity index (χ2n) is 7.45. The highest BCUT2D eigenvalue weighted by molar-refractivity contribution is 7.09. The average Bonchev–Trinajstić information content (AvgIpc) is 3.24. The molecule has 1 aliphatic carbocycles. The van der Waals surface area contributed by atoms with Crippen LogP contribution >= 0.6 is 11.3 Å². The van der Waals surface area contributed by atoms with E-state index in [4.69, 9.17) is 4.74 Å². The van der Waals surface area contributed by atoms with Gasteiger partial charge in [-0.3, -0.25) is 4.79 Å². The van der Waals surface area contributed by atoms with Gasteiger partial charge < -0.3 is 20.7 Å². The fourth-order valence-corrected chi connectivity index (χ4v) is 4.15. The normalized spacial score (nSPS) is 18.4. The molecule has 1 saturated carbocycles. The van der Waals surface area contributed by atoms with Crippen molar-refractivity contribution in [1.29, 1.82) is 0 Å². The van der Waals surface area contributed by atoms with E-state index in [1.165, 1.54) is 11.3 Å². The summed E-state index contributed by atoms with van der Waals surface area (Å²) >= 11 is 1.41. The molecule has 0 saturated heterocycles. The summed E-state index contributed by atoms with van der Waals surface area (Å²) in [4.78, 5) is 29.2. The molecule has 3 rings (SSSR count). The van der Waals surface area contributed by atoms with Crippen molar-refractivity contribution in [2.24, 2.45) is 0 Å². The highest BCUT2D eigenvalue weighted by Gasteiger charge is 2.28. The first-order valence-corrected chi connectivity index (χ1v) is 11.5. The van der Waals surface area contributed by atoms with Crippen LogP contribution in [-0.2, 0) is 6.61 Å². The van der Waals surface area contributed by atoms with Crippen molar-refractivity contribution in [1.82, 2.24) is 20.9 Å². The summed E-state index contributed by atoms with van der Waals surface area (Å²) in [5, 5.41) is 11.5. The van der Waals surface area contributed by atoms with Crippen molar-refractivity contribution >= 4 is 23.3 Å². The van der Waals surface area contributed by atoms with Gasteiger partial charge in [-0.1, -0.05) is 44.4 Å². The van der Waals surface area contributed by atoms with E-state index < -0.39 is 0 Å². The molecule has 162 valence electrons. The fourth-order valence-electron chi connectivity index (χ4n) is 3.46. The Morgan fingerprint density at radius 2 is 1.87 bits per heavy atom. The number of aromatic nitrogens is 1. The quantitative estimate of drug-likeness (QED) is 0.527. The molecule has 3 N–H and O–H groups in total. The van der Waals surface area contributed by atoms with Gasteiger partial charge in [-0.15, -0.1) is 11.3 Å². The Morgan fingerprint density at radius 1 is 1.13 bits per heavy atom. The van der Waals surface area contributed by atoms with Crippen molar-refractivity contribution in [3.8, 4) is 5.75 Å². The highest BCUT2D eigenvalue weighted by Crippen LogP contribution is 2.20. The van der Waals surface area contributed by atoms with E-state index in [9.17, 15) is 9.59 Å². The number of hydrogen-bond donors (Lipinski definition) is 3. The summed E-state index contributed by atoms with van der Waals surface area (Å²) in [5.74, 6) is 0.564. The van der Waals surface area contributed by atoms with Crippen molar-refractivity contribution in [3.05, 3.63) is 46.4 Å². The Hall–Kier alpha value is -2.61. The molecule has 0 radical (unpaired) electrons. The zero-order chi connectivity index (χ0) is 21.2. The molecule has 2 atom stereocenters. The second-order valence-corrected chi connectivity index (χ2v) is 8.40. The topological polar surface area (TPSA) is 92.4 Å². The summed E-state index contributed by atoms with van der Waals surface area (Å²) in [7, 11) is 0. The van der Waals surface area contributed by atoms with Crippen LogP contribution in [0, 0.1) is 0 Å². The lowest BCUT2D eigenvalue weighted by molar-refractivity contribution is 0.0911. The first kappa shape index (κ1) is 22.1. The molecule has 1 aliphatic rings. The minimum Gasteiger partial charge on any atom is -0.486 e. The number of hydrogen-bond acceptors (Lipinski definition) is 5. The number of unbranched alkanes of at least 4 members (excludes halogenated alkanes) is 1. The number of amides is 3. The Kier molecular flexibility index (Phi) is 8.50. The van der Waals surface area contributed by atoms with Crippen LogP contribution in [0.1, 0.15) is 60.9 Å². The molecular formula is C22H30N4O3S. The molecule has 0 unspecified atom stereocenters. The summed E-state index contributed by atoms with van der Waals surface area (Å²) < 4.78 is 5.70. The lowest BCUT2D eigenvalue weighted by Crippen LogP contribution is -2.55. The van der Waals surface area contributed by atoms with Crippen molar-refractivity contribution in [2.75, 3.05) is 6.54 Å². The monoisotopic (exact) mass is 430 g/mol. The molecule has 1 heterocycles. The molecule has 3 amide bonds. The lowest BCUT2D eigenvalue weighted by Gasteiger charge is -2.32. The van der Waals surface area contributed by atoms with Crippen LogP contribution in [0.15, 0.2) is 35.7 Å². The van der Waals surface area contributed by atoms with Crippen molar-refractivity contribution < 1.29 is 14.3 Å². The molecule has 1 fully saturated rings. The van der Waals surface area contributed by atoms with Crippen molar-refractivity contribution in [2.45, 2.75) is 64.1 Å². The summed E-state index contributed by atoms with van der Waals surface area (Å²) in [6, 6.07) is 9.21. The standard InChI is InChI=1S/C22H30N4O3S/c1-2-3-13-23-22(28)26-18-12-8-7-11-17(18)25-21(27)19-15-30-20(24-19)14-29-16-9-5-4-6-10-16/h4-6,9-10,15,17-18H,2-3,7-8,11-14H2,1H3,(H,25,27)(H2,23,26,28)/t17-,18-/m0/s1. The van der Waals surface area contributed by atoms with E-state index >= 15 is 0 Å². The average molecular weight is 431 g/mol. The minimum atomic E-state index is -0.206. The number of rotatable bonds is 9. The van der Waals surface area contributed by atoms with Gasteiger partial charge in [-0.25, -0.2) is 9.78 Å². The van der Waals surface area contributed by atoms with Crippen LogP contribution in [0.3, 0.4) is 0 Å². The number of thiazole rings is 1. The summed E-state index contributed by atoms with van der Waals surface area (Å²) in [6.45, 7) is 3.08. The molecule has 0 bridgehead atoms. The number of benzene rings is 1. The molecule has 1 aromatic heterocycles. The number of nitrogens with zero attached hydrogens (tertiary/aromatic N) is 1. The first-order valence-electron chi connectivity index (χ1n) is 10.6. The van der Waals surface area contributed by atoms with Crippen LogP contribution < -0.4 is 20.7 Å². The second kappa shape index (κ2) is 11.5. The Bertz CT molecular complexity index is 812. The molecule has 30 heavy (non-hydrogen) atoms. The van der Waals surface area contributed by atoms with Gasteiger partial charge in [-0.05, 0) is 31.4 Å². The third-order valence-electron chi connectivity index (χ3n) is 5.10. The Balaban J connectivity index is 1.50. The van der Waals surface area contributed by atoms with Crippen LogP contribution in [0.2, 0.25) is 0 Å². The van der Waals surface area contributed by atoms with Gasteiger partial charge in [-0.2, -0.15) is 0 Å². The minimum absolute atomic E-state index is 0.0659. The van der Waals surface area contributed by atoms with Gasteiger partial charge in [0, 0.05) is 18.0 Å². The highest BCUT2D eigenvalue weighted by atomic mass is 32.1. The van der Waals surface area contributed by atoms with Crippen LogP contribution in [-0.4, -0.2) is 35.6 Å². The molecule has 8 heteroatoms. The van der Waals surface area contributed by atoms with E-state index in [1.54, 1.807) is 5.38 Å². The number of carbonyl (C=O) groups is 2. The molecular weight excluding hydrogens is 400 g/mol. The number of ether oxygens (including phenoxy) is 1. The molecule has 0 aliphatic heterocycles. The Morgan fingerprint density at radius 3 is 2.60 bits per heavy atom. The van der Waals surface area contributed by atoms with Gasteiger partial charge in [0.2, 0.25) is 0 Å². The van der Waals surface area contributed by atoms with E-state index in [0.29, 0.717) is 18.8 Å². The fraction of sp³-hybridized carbons (Fsp3) is 0.500. The summed E-state index contributed by atoms with van der Waals surface area (Å²) in [5.41, 5.74) is 0.392. The van der Waals surface area contributed by atoms with Gasteiger partial charge in [0.15, 0.2) is 0 Å². The maximum absolute atomic E-state index is 12.7. The smallest absolute Gasteiger partial charge is 0.315 e. The van der Waals surface area contributed by atoms with E-state index in [1.807, 2.05) is 30.3 Å². The molecule has 2 aromatic rings. The SMILES string of the molecule is CCCCNC(=O)N[C@H]1CCCC[C@@H]1NC(=O)c1csc(COc2ccccc2)n1. The zero-order valence-electron chi connectivity index (χ0n) is 17.4. The third-order valence-corrected chi connectivity index (χ3v) is 5.93. The predicted octanol–water partition coefficient (Wildman–Crippen LogP) is 3.86. The maximum atomic E-state index is 12.7. The van der Waals surface area contributed by atoms with E-state index in [0.717, 1.165) is 49.3 Å². The van der Waals surface area contributed by atoms with Gasteiger partial charge in [0.1, 0.15) is 23.1 Å². The number of nitrogens with one attached hydrogen (secondary N) is 3. The number of carbonyl (C=O) groups excluding carboxylic acids is 2. The van der Waals surface area contributed by atoms with Crippen LogP contribution in [0.25, 0.3) is 0 Å². The molecule has 1 aromatic carbocycles. The van der Waals surface area contributed by atoms with Gasteiger partial charge in [0.05, 0.1) is 6.04 Å². The molecule has 0 spiro atoms. The number of urea groups is 1. The van der Waals surface area contributed by atoms with E-state index in [-0.39, 0.29) is 24.0 Å². The first-order chi connectivity index (χ1) is 14.7.